The summed E-state index contributed by atoms with van der Waals surface area (Å²) in [7, 11) is 2.08. The molecule has 3 nitrogen and oxygen atoms in total. The fraction of sp³-hybridized carbons (Fsp3) is 0.278. The Morgan fingerprint density at radius 1 is 1.27 bits per heavy atom. The zero-order valence-corrected chi connectivity index (χ0v) is 13.3. The summed E-state index contributed by atoms with van der Waals surface area (Å²) in [5.41, 5.74) is 3.35. The SMILES string of the molecule is CN1CCc2ccccc2C1CC(=O)Nc1cccc(Cl)c1. The molecule has 3 rings (SSSR count). The standard InChI is InChI=1S/C18H19ClN2O/c1-21-10-9-13-5-2-3-8-16(13)17(21)12-18(22)20-15-7-4-6-14(19)11-15/h2-8,11,17H,9-10,12H2,1H3,(H,20,22). The first-order valence-electron chi connectivity index (χ1n) is 7.47. The van der Waals surface area contributed by atoms with Crippen LogP contribution in [0.15, 0.2) is 48.5 Å². The quantitative estimate of drug-likeness (QED) is 0.932. The van der Waals surface area contributed by atoms with Crippen LogP contribution in [-0.2, 0) is 11.2 Å². The molecule has 1 aliphatic heterocycles. The molecule has 2 aromatic carbocycles. The molecule has 1 aliphatic rings. The molecule has 2 aromatic rings. The van der Waals surface area contributed by atoms with Crippen molar-refractivity contribution in [3.05, 3.63) is 64.7 Å². The van der Waals surface area contributed by atoms with Crippen molar-refractivity contribution < 1.29 is 4.79 Å². The molecule has 0 fully saturated rings. The second-order valence-corrected chi connectivity index (χ2v) is 6.14. The first kappa shape index (κ1) is 15.1. The van der Waals surface area contributed by atoms with Gasteiger partial charge < -0.3 is 5.32 Å². The van der Waals surface area contributed by atoms with E-state index >= 15 is 0 Å². The summed E-state index contributed by atoms with van der Waals surface area (Å²) in [6, 6.07) is 15.8. The summed E-state index contributed by atoms with van der Waals surface area (Å²) in [5, 5.41) is 3.55. The van der Waals surface area contributed by atoms with Gasteiger partial charge in [0.15, 0.2) is 0 Å². The van der Waals surface area contributed by atoms with Crippen LogP contribution in [0, 0.1) is 0 Å². The van der Waals surface area contributed by atoms with Crippen LogP contribution in [-0.4, -0.2) is 24.4 Å². The maximum atomic E-state index is 12.4. The molecular formula is C18H19ClN2O. The normalized spacial score (nSPS) is 17.8. The van der Waals surface area contributed by atoms with Gasteiger partial charge in [-0.1, -0.05) is 41.9 Å². The van der Waals surface area contributed by atoms with Gasteiger partial charge >= 0.3 is 0 Å². The largest absolute Gasteiger partial charge is 0.326 e. The van der Waals surface area contributed by atoms with Crippen LogP contribution in [0.25, 0.3) is 0 Å². The molecule has 1 N–H and O–H groups in total. The number of halogens is 1. The summed E-state index contributed by atoms with van der Waals surface area (Å²) in [6.45, 7) is 0.978. The molecular weight excluding hydrogens is 296 g/mol. The highest BCUT2D eigenvalue weighted by Gasteiger charge is 2.26. The van der Waals surface area contributed by atoms with Crippen molar-refractivity contribution in [2.75, 3.05) is 18.9 Å². The predicted octanol–water partition coefficient (Wildman–Crippen LogP) is 3.90. The van der Waals surface area contributed by atoms with Crippen LogP contribution >= 0.6 is 11.6 Å². The van der Waals surface area contributed by atoms with Crippen LogP contribution in [0.3, 0.4) is 0 Å². The highest BCUT2D eigenvalue weighted by atomic mass is 35.5. The molecule has 1 amide bonds. The fourth-order valence-corrected chi connectivity index (χ4v) is 3.19. The molecule has 114 valence electrons. The Bertz CT molecular complexity index is 686. The smallest absolute Gasteiger partial charge is 0.226 e. The van der Waals surface area contributed by atoms with E-state index in [0.717, 1.165) is 18.7 Å². The van der Waals surface area contributed by atoms with Crippen molar-refractivity contribution in [2.24, 2.45) is 0 Å². The molecule has 0 spiro atoms. The lowest BCUT2D eigenvalue weighted by atomic mass is 9.91. The molecule has 4 heteroatoms. The van der Waals surface area contributed by atoms with Crippen LogP contribution < -0.4 is 5.32 Å². The third kappa shape index (κ3) is 3.32. The van der Waals surface area contributed by atoms with Gasteiger partial charge in [-0.3, -0.25) is 9.69 Å². The first-order chi connectivity index (χ1) is 10.6. The summed E-state index contributed by atoms with van der Waals surface area (Å²) < 4.78 is 0. The Balaban J connectivity index is 1.73. The number of amides is 1. The fourth-order valence-electron chi connectivity index (χ4n) is 3.00. The first-order valence-corrected chi connectivity index (χ1v) is 7.85. The van der Waals surface area contributed by atoms with E-state index < -0.39 is 0 Å². The van der Waals surface area contributed by atoms with Gasteiger partial charge in [-0.15, -0.1) is 0 Å². The molecule has 1 atom stereocenters. The molecule has 1 unspecified atom stereocenters. The zero-order chi connectivity index (χ0) is 15.5. The lowest BCUT2D eigenvalue weighted by Gasteiger charge is -2.34. The highest BCUT2D eigenvalue weighted by Crippen LogP contribution is 2.31. The number of hydrogen-bond acceptors (Lipinski definition) is 2. The minimum absolute atomic E-state index is 0.0100. The summed E-state index contributed by atoms with van der Waals surface area (Å²) >= 11 is 5.95. The molecule has 0 saturated heterocycles. The summed E-state index contributed by atoms with van der Waals surface area (Å²) in [5.74, 6) is 0.0100. The van der Waals surface area contributed by atoms with Gasteiger partial charge in [0.1, 0.15) is 0 Å². The van der Waals surface area contributed by atoms with E-state index in [2.05, 4.69) is 35.5 Å². The van der Waals surface area contributed by atoms with Crippen LogP contribution in [0.1, 0.15) is 23.6 Å². The molecule has 1 heterocycles. The maximum absolute atomic E-state index is 12.4. The Morgan fingerprint density at radius 2 is 2.09 bits per heavy atom. The average Bonchev–Trinajstić information content (AvgIpc) is 2.50. The Morgan fingerprint density at radius 3 is 2.91 bits per heavy atom. The van der Waals surface area contributed by atoms with Gasteiger partial charge in [0, 0.05) is 29.7 Å². The van der Waals surface area contributed by atoms with Crippen molar-refractivity contribution >= 4 is 23.2 Å². The number of nitrogens with zero attached hydrogens (tertiary/aromatic N) is 1. The number of likely N-dealkylation sites (N-methyl/N-ethyl adjacent to an activating group) is 1. The summed E-state index contributed by atoms with van der Waals surface area (Å²) in [4.78, 5) is 14.6. The number of carbonyl (C=O) groups excluding carboxylic acids is 1. The Hall–Kier alpha value is -1.84. The van der Waals surface area contributed by atoms with E-state index in [9.17, 15) is 4.79 Å². The minimum Gasteiger partial charge on any atom is -0.326 e. The highest BCUT2D eigenvalue weighted by molar-refractivity contribution is 6.30. The van der Waals surface area contributed by atoms with Crippen molar-refractivity contribution in [2.45, 2.75) is 18.9 Å². The van der Waals surface area contributed by atoms with Crippen LogP contribution in [0.2, 0.25) is 5.02 Å². The number of nitrogens with one attached hydrogen (secondary N) is 1. The van der Waals surface area contributed by atoms with Crippen molar-refractivity contribution in [1.29, 1.82) is 0 Å². The predicted molar refractivity (Wildman–Crippen MR) is 90.2 cm³/mol. The molecule has 0 saturated carbocycles. The Kier molecular flexibility index (Phi) is 4.46. The number of anilines is 1. The van der Waals surface area contributed by atoms with Gasteiger partial charge in [-0.2, -0.15) is 0 Å². The number of hydrogen-bond donors (Lipinski definition) is 1. The van der Waals surface area contributed by atoms with Gasteiger partial charge in [0.25, 0.3) is 0 Å². The van der Waals surface area contributed by atoms with Gasteiger partial charge in [0.05, 0.1) is 0 Å². The topological polar surface area (TPSA) is 32.3 Å². The van der Waals surface area contributed by atoms with E-state index in [1.165, 1.54) is 11.1 Å². The molecule has 0 radical (unpaired) electrons. The third-order valence-corrected chi connectivity index (χ3v) is 4.40. The van der Waals surface area contributed by atoms with Crippen LogP contribution in [0.5, 0.6) is 0 Å². The van der Waals surface area contributed by atoms with Crippen LogP contribution in [0.4, 0.5) is 5.69 Å². The second-order valence-electron chi connectivity index (χ2n) is 5.71. The van der Waals surface area contributed by atoms with E-state index in [4.69, 9.17) is 11.6 Å². The Labute approximate surface area is 135 Å². The van der Waals surface area contributed by atoms with E-state index in [1.807, 2.05) is 18.2 Å². The second kappa shape index (κ2) is 6.51. The van der Waals surface area contributed by atoms with E-state index in [1.54, 1.807) is 12.1 Å². The number of rotatable bonds is 3. The van der Waals surface area contributed by atoms with Crippen molar-refractivity contribution in [3.8, 4) is 0 Å². The third-order valence-electron chi connectivity index (χ3n) is 4.17. The van der Waals surface area contributed by atoms with Crippen molar-refractivity contribution in [1.82, 2.24) is 4.90 Å². The maximum Gasteiger partial charge on any atom is 0.226 e. The number of benzene rings is 2. The number of fused-ring (bicyclic) bond motifs is 1. The molecule has 0 aromatic heterocycles. The minimum atomic E-state index is 0.0100. The van der Waals surface area contributed by atoms with E-state index in [0.29, 0.717) is 11.4 Å². The summed E-state index contributed by atoms with van der Waals surface area (Å²) in [6.07, 6.45) is 1.49. The molecule has 0 bridgehead atoms. The zero-order valence-electron chi connectivity index (χ0n) is 12.6. The van der Waals surface area contributed by atoms with E-state index in [-0.39, 0.29) is 11.9 Å². The average molecular weight is 315 g/mol. The lowest BCUT2D eigenvalue weighted by Crippen LogP contribution is -2.34. The van der Waals surface area contributed by atoms with Gasteiger partial charge in [-0.05, 0) is 42.8 Å². The van der Waals surface area contributed by atoms with Gasteiger partial charge in [-0.25, -0.2) is 0 Å². The monoisotopic (exact) mass is 314 g/mol. The molecule has 0 aliphatic carbocycles. The van der Waals surface area contributed by atoms with Crippen molar-refractivity contribution in [3.63, 3.8) is 0 Å². The molecule has 22 heavy (non-hydrogen) atoms. The lowest BCUT2D eigenvalue weighted by molar-refractivity contribution is -0.117. The van der Waals surface area contributed by atoms with Gasteiger partial charge in [0.2, 0.25) is 5.91 Å². The number of carbonyl (C=O) groups is 1.